The number of carboxylic acid groups (broad SMARTS) is 1. The van der Waals surface area contributed by atoms with Gasteiger partial charge in [0.2, 0.25) is 11.5 Å². The second kappa shape index (κ2) is 8.08. The van der Waals surface area contributed by atoms with Crippen molar-refractivity contribution in [3.8, 4) is 11.8 Å². The van der Waals surface area contributed by atoms with Crippen molar-refractivity contribution in [3.63, 3.8) is 0 Å². The van der Waals surface area contributed by atoms with Crippen LogP contribution in [0.4, 0.5) is 10.5 Å². The molecule has 0 spiro atoms. The molecule has 11 heteroatoms. The fourth-order valence-electron chi connectivity index (χ4n) is 3.48. The van der Waals surface area contributed by atoms with E-state index < -0.39 is 23.6 Å². The average molecular weight is 462 g/mol. The van der Waals surface area contributed by atoms with Crippen LogP contribution in [0, 0.1) is 18.8 Å². The number of aliphatic carboxylic acids is 1. The maximum atomic E-state index is 12.3. The van der Waals surface area contributed by atoms with Crippen molar-refractivity contribution >= 4 is 29.2 Å². The minimum absolute atomic E-state index is 0.0147. The van der Waals surface area contributed by atoms with Crippen molar-refractivity contribution in [1.82, 2.24) is 15.1 Å². The van der Waals surface area contributed by atoms with E-state index in [2.05, 4.69) is 32.3 Å². The Balaban J connectivity index is 1.27. The van der Waals surface area contributed by atoms with Crippen molar-refractivity contribution in [1.29, 1.82) is 0 Å². The molecule has 0 aliphatic heterocycles. The summed E-state index contributed by atoms with van der Waals surface area (Å²) in [6.45, 7) is 3.71. The van der Waals surface area contributed by atoms with Gasteiger partial charge in [0.15, 0.2) is 5.69 Å². The zero-order chi connectivity index (χ0) is 23.9. The average Bonchev–Trinajstić information content (AvgIpc) is 3.12. The number of aryl methyl sites for hydroxylation is 1. The van der Waals surface area contributed by atoms with Crippen LogP contribution >= 0.6 is 0 Å². The van der Waals surface area contributed by atoms with E-state index in [1.807, 2.05) is 31.2 Å². The number of carbonyl (C=O) groups excluding carboxylic acids is 1. The maximum absolute atomic E-state index is 12.3. The third kappa shape index (κ3) is 3.86. The predicted molar refractivity (Wildman–Crippen MR) is 115 cm³/mol. The maximum Gasteiger partial charge on any atom is 0.412 e. The Morgan fingerprint density at radius 1 is 1.21 bits per heavy atom. The smallest absolute Gasteiger partial charge is 0.412 e. The third-order valence-electron chi connectivity index (χ3n) is 5.55. The molecule has 1 amide bonds. The van der Waals surface area contributed by atoms with Crippen LogP contribution in [0.2, 0.25) is 0 Å². The number of rotatable bonds is 5. The molecule has 1 fully saturated rings. The van der Waals surface area contributed by atoms with E-state index in [9.17, 15) is 14.7 Å². The summed E-state index contributed by atoms with van der Waals surface area (Å²) >= 11 is 0. The quantitative estimate of drug-likeness (QED) is 0.417. The van der Waals surface area contributed by atoms with Gasteiger partial charge in [0, 0.05) is 5.92 Å². The molecule has 2 N–H and O–H groups in total. The Kier molecular flexibility index (Phi) is 5.05. The number of benzene rings is 1. The van der Waals surface area contributed by atoms with Gasteiger partial charge in [0.25, 0.3) is 5.89 Å². The van der Waals surface area contributed by atoms with Crippen LogP contribution in [0.1, 0.15) is 54.5 Å². The molecule has 0 bridgehead atoms. The Bertz CT molecular complexity index is 1430. The number of carboxylic acids is 1. The highest BCUT2D eigenvalue weighted by atomic mass is 16.6. The van der Waals surface area contributed by atoms with Crippen molar-refractivity contribution in [3.05, 3.63) is 59.1 Å². The van der Waals surface area contributed by atoms with Crippen molar-refractivity contribution < 1.29 is 32.8 Å². The second-order valence-electron chi connectivity index (χ2n) is 7.89. The Hall–Kier alpha value is -4.59. The highest BCUT2D eigenvalue weighted by Crippen LogP contribution is 2.48. The summed E-state index contributed by atoms with van der Waals surface area (Å²) in [5, 5.41) is 15.7. The first-order valence-electron chi connectivity index (χ1n) is 10.4. The van der Waals surface area contributed by atoms with Crippen LogP contribution in [0.15, 0.2) is 43.9 Å². The fraction of sp³-hybridized carbons (Fsp3) is 0.261. The number of fused-ring (bicyclic) bond motifs is 1. The first-order valence-corrected chi connectivity index (χ1v) is 10.4. The number of nitrogens with one attached hydrogen (secondary N) is 1. The summed E-state index contributed by atoms with van der Waals surface area (Å²) in [5.41, 5.74) is 1.27. The largest absolute Gasteiger partial charge is 0.480 e. The molecule has 3 heterocycles. The molecule has 11 nitrogen and oxygen atoms in total. The number of hydrogen-bond acceptors (Lipinski definition) is 9. The Morgan fingerprint density at radius 3 is 2.71 bits per heavy atom. The molecule has 1 saturated carbocycles. The predicted octanol–water partition coefficient (Wildman–Crippen LogP) is 3.94. The number of aromatic nitrogens is 3. The molecule has 1 atom stereocenters. The fourth-order valence-corrected chi connectivity index (χ4v) is 3.48. The lowest BCUT2D eigenvalue weighted by molar-refractivity contribution is -0.140. The highest BCUT2D eigenvalue weighted by molar-refractivity contribution is 5.86. The SMILES string of the molecule is Cc1ccccc1C(C)OC(=O)Nc1conc1C#Cc1nc2nc(C3(C(=O)O)CC3)oc2o1. The molecule has 1 aliphatic rings. The number of ether oxygens (including phenoxy) is 1. The first kappa shape index (κ1) is 21.3. The lowest BCUT2D eigenvalue weighted by Crippen LogP contribution is -2.19. The van der Waals surface area contributed by atoms with E-state index in [1.165, 1.54) is 6.26 Å². The topological polar surface area (TPSA) is 154 Å². The molecule has 172 valence electrons. The van der Waals surface area contributed by atoms with Gasteiger partial charge in [-0.1, -0.05) is 29.4 Å². The zero-order valence-corrected chi connectivity index (χ0v) is 18.1. The normalized spacial score (nSPS) is 14.8. The molecule has 4 aromatic rings. The van der Waals surface area contributed by atoms with E-state index in [0.29, 0.717) is 12.8 Å². The van der Waals surface area contributed by atoms with Gasteiger partial charge in [-0.05, 0) is 43.7 Å². The molecule has 1 aromatic carbocycles. The first-order chi connectivity index (χ1) is 16.4. The van der Waals surface area contributed by atoms with Crippen molar-refractivity contribution in [2.75, 3.05) is 5.32 Å². The van der Waals surface area contributed by atoms with Gasteiger partial charge < -0.3 is 23.2 Å². The van der Waals surface area contributed by atoms with Gasteiger partial charge >= 0.3 is 17.8 Å². The van der Waals surface area contributed by atoms with Crippen LogP contribution in [0.3, 0.4) is 0 Å². The minimum atomic E-state index is -1.10. The third-order valence-corrected chi connectivity index (χ3v) is 5.55. The van der Waals surface area contributed by atoms with Gasteiger partial charge in [-0.25, -0.2) is 4.79 Å². The van der Waals surface area contributed by atoms with Crippen LogP contribution in [-0.2, 0) is 14.9 Å². The number of anilines is 1. The number of amides is 1. The van der Waals surface area contributed by atoms with E-state index >= 15 is 0 Å². The lowest BCUT2D eigenvalue weighted by atomic mass is 10.1. The summed E-state index contributed by atoms with van der Waals surface area (Å²) in [5.74, 6) is 4.39. The van der Waals surface area contributed by atoms with Crippen LogP contribution < -0.4 is 5.32 Å². The van der Waals surface area contributed by atoms with Gasteiger partial charge in [-0.2, -0.15) is 9.97 Å². The summed E-state index contributed by atoms with van der Waals surface area (Å²) in [6.07, 6.45) is 0.963. The van der Waals surface area contributed by atoms with E-state index in [4.69, 9.17) is 18.1 Å². The molecular formula is C23H18N4O7. The van der Waals surface area contributed by atoms with E-state index in [0.717, 1.165) is 11.1 Å². The van der Waals surface area contributed by atoms with Crippen LogP contribution in [-0.4, -0.2) is 32.3 Å². The Morgan fingerprint density at radius 2 is 2.00 bits per heavy atom. The second-order valence-corrected chi connectivity index (χ2v) is 7.89. The number of nitrogens with zero attached hydrogens (tertiary/aromatic N) is 3. The standard InChI is InChI=1S/C23H18N4O7/c1-12-5-3-4-6-14(12)13(2)32-22(30)24-16-11-31-27-15(16)7-8-17-25-18-19(33-17)34-20(26-18)23(9-10-23)21(28)29/h3-6,11,13H,9-10H2,1-2H3,(H,24,30)(H,28,29). The monoisotopic (exact) mass is 462 g/mol. The van der Waals surface area contributed by atoms with E-state index in [-0.39, 0.29) is 34.6 Å². The van der Waals surface area contributed by atoms with Crippen LogP contribution in [0.5, 0.6) is 0 Å². The molecule has 5 rings (SSSR count). The van der Waals surface area contributed by atoms with Gasteiger partial charge in [0.05, 0.1) is 0 Å². The molecule has 3 aromatic heterocycles. The van der Waals surface area contributed by atoms with Crippen molar-refractivity contribution in [2.45, 2.75) is 38.2 Å². The molecule has 0 saturated heterocycles. The number of hydrogen-bond donors (Lipinski definition) is 2. The van der Waals surface area contributed by atoms with Gasteiger partial charge in [0.1, 0.15) is 23.5 Å². The number of carbonyl (C=O) groups is 2. The highest BCUT2D eigenvalue weighted by Gasteiger charge is 2.56. The summed E-state index contributed by atoms with van der Waals surface area (Å²) in [4.78, 5) is 32.0. The zero-order valence-electron chi connectivity index (χ0n) is 18.1. The van der Waals surface area contributed by atoms with Gasteiger partial charge in [-0.15, -0.1) is 0 Å². The van der Waals surface area contributed by atoms with Crippen molar-refractivity contribution in [2.24, 2.45) is 0 Å². The molecule has 0 radical (unpaired) electrons. The number of oxazole rings is 2. The minimum Gasteiger partial charge on any atom is -0.480 e. The van der Waals surface area contributed by atoms with Crippen LogP contribution in [0.25, 0.3) is 11.4 Å². The lowest BCUT2D eigenvalue weighted by Gasteiger charge is -2.15. The van der Waals surface area contributed by atoms with Gasteiger partial charge in [-0.3, -0.25) is 10.1 Å². The molecular weight excluding hydrogens is 444 g/mol. The molecule has 34 heavy (non-hydrogen) atoms. The molecule has 1 aliphatic carbocycles. The molecule has 1 unspecified atom stereocenters. The summed E-state index contributed by atoms with van der Waals surface area (Å²) < 4.78 is 21.2. The van der Waals surface area contributed by atoms with E-state index in [1.54, 1.807) is 6.92 Å². The summed E-state index contributed by atoms with van der Waals surface area (Å²) in [7, 11) is 0. The summed E-state index contributed by atoms with van der Waals surface area (Å²) in [6, 6.07) is 7.61. The Labute approximate surface area is 192 Å².